The van der Waals surface area contributed by atoms with Gasteiger partial charge in [-0.25, -0.2) is 4.79 Å². The van der Waals surface area contributed by atoms with Crippen LogP contribution >= 0.6 is 12.6 Å². The third-order valence-corrected chi connectivity index (χ3v) is 3.27. The predicted molar refractivity (Wildman–Crippen MR) is 68.1 cm³/mol. The average Bonchev–Trinajstić information content (AvgIpc) is 2.68. The first-order chi connectivity index (χ1) is 8.22. The highest BCUT2D eigenvalue weighted by Crippen LogP contribution is 2.19. The summed E-state index contributed by atoms with van der Waals surface area (Å²) in [5.41, 5.74) is 1.09. The van der Waals surface area contributed by atoms with Crippen LogP contribution in [-0.2, 0) is 4.79 Å². The molecule has 17 heavy (non-hydrogen) atoms. The number of amides is 3. The standard InChI is InChI=1S/C12H14N2O2S/c15-11-6-13-12(16)14(11)7-10(8-17)9-4-2-1-3-5-9/h1-5,10,17H,6-8H2,(H,13,16). The topological polar surface area (TPSA) is 49.4 Å². The second kappa shape index (κ2) is 5.23. The van der Waals surface area contributed by atoms with Crippen molar-refractivity contribution in [1.82, 2.24) is 10.2 Å². The lowest BCUT2D eigenvalue weighted by molar-refractivity contribution is -0.125. The fourth-order valence-electron chi connectivity index (χ4n) is 1.85. The van der Waals surface area contributed by atoms with Crippen LogP contribution < -0.4 is 5.32 Å². The Morgan fingerprint density at radius 1 is 1.29 bits per heavy atom. The Kier molecular flexibility index (Phi) is 3.68. The molecule has 1 heterocycles. The summed E-state index contributed by atoms with van der Waals surface area (Å²) in [6, 6.07) is 9.48. The molecule has 0 aliphatic carbocycles. The quantitative estimate of drug-likeness (QED) is 0.624. The van der Waals surface area contributed by atoms with Crippen molar-refractivity contribution in [1.29, 1.82) is 0 Å². The van der Waals surface area contributed by atoms with Gasteiger partial charge in [0.25, 0.3) is 0 Å². The largest absolute Gasteiger partial charge is 0.329 e. The van der Waals surface area contributed by atoms with E-state index in [1.165, 1.54) is 4.90 Å². The Morgan fingerprint density at radius 3 is 2.53 bits per heavy atom. The Hall–Kier alpha value is -1.49. The van der Waals surface area contributed by atoms with E-state index in [1.54, 1.807) is 0 Å². The highest BCUT2D eigenvalue weighted by atomic mass is 32.1. The van der Waals surface area contributed by atoms with Crippen LogP contribution in [0.5, 0.6) is 0 Å². The van der Waals surface area contributed by atoms with Crippen LogP contribution in [0.3, 0.4) is 0 Å². The van der Waals surface area contributed by atoms with E-state index in [4.69, 9.17) is 0 Å². The van der Waals surface area contributed by atoms with E-state index in [0.29, 0.717) is 12.3 Å². The molecule has 3 amide bonds. The minimum Gasteiger partial charge on any atom is -0.329 e. The van der Waals surface area contributed by atoms with Crippen LogP contribution in [0.4, 0.5) is 4.79 Å². The number of hydrogen-bond donors (Lipinski definition) is 2. The molecule has 90 valence electrons. The van der Waals surface area contributed by atoms with Gasteiger partial charge in [0.1, 0.15) is 0 Å². The smallest absolute Gasteiger partial charge is 0.324 e. The molecule has 4 nitrogen and oxygen atoms in total. The highest BCUT2D eigenvalue weighted by molar-refractivity contribution is 7.80. The van der Waals surface area contributed by atoms with Crippen LogP contribution in [-0.4, -0.2) is 35.7 Å². The van der Waals surface area contributed by atoms with Crippen molar-refractivity contribution in [2.75, 3.05) is 18.8 Å². The minimum absolute atomic E-state index is 0.0762. The average molecular weight is 250 g/mol. The molecule has 1 N–H and O–H groups in total. The summed E-state index contributed by atoms with van der Waals surface area (Å²) in [5, 5.41) is 2.51. The Balaban J connectivity index is 2.10. The zero-order valence-corrected chi connectivity index (χ0v) is 10.2. The van der Waals surface area contributed by atoms with Gasteiger partial charge >= 0.3 is 6.03 Å². The molecule has 5 heteroatoms. The molecule has 0 aromatic heterocycles. The maximum atomic E-state index is 11.5. The van der Waals surface area contributed by atoms with Crippen LogP contribution in [0.1, 0.15) is 11.5 Å². The van der Waals surface area contributed by atoms with Gasteiger partial charge in [0.15, 0.2) is 0 Å². The zero-order chi connectivity index (χ0) is 12.3. The van der Waals surface area contributed by atoms with E-state index in [1.807, 2.05) is 30.3 Å². The monoisotopic (exact) mass is 250 g/mol. The maximum Gasteiger partial charge on any atom is 0.324 e. The van der Waals surface area contributed by atoms with Gasteiger partial charge in [-0.15, -0.1) is 0 Å². The fourth-order valence-corrected chi connectivity index (χ4v) is 2.18. The Labute approximate surface area is 105 Å². The van der Waals surface area contributed by atoms with Crippen LogP contribution in [0.25, 0.3) is 0 Å². The molecule has 2 rings (SSSR count). The number of nitrogens with zero attached hydrogens (tertiary/aromatic N) is 1. The maximum absolute atomic E-state index is 11.5. The van der Waals surface area contributed by atoms with Crippen LogP contribution in [0.15, 0.2) is 30.3 Å². The highest BCUT2D eigenvalue weighted by Gasteiger charge is 2.30. The second-order valence-corrected chi connectivity index (χ2v) is 4.32. The number of thiol groups is 1. The van der Waals surface area contributed by atoms with Gasteiger partial charge in [-0.2, -0.15) is 12.6 Å². The van der Waals surface area contributed by atoms with Crippen molar-refractivity contribution in [2.24, 2.45) is 0 Å². The molecule has 1 unspecified atom stereocenters. The molecule has 1 aromatic carbocycles. The van der Waals surface area contributed by atoms with E-state index in [2.05, 4.69) is 17.9 Å². The molecule has 1 fully saturated rings. The lowest BCUT2D eigenvalue weighted by atomic mass is 10.0. The molecule has 1 atom stereocenters. The molecule has 0 saturated carbocycles. The van der Waals surface area contributed by atoms with E-state index in [0.717, 1.165) is 5.56 Å². The first-order valence-electron chi connectivity index (χ1n) is 5.46. The van der Waals surface area contributed by atoms with Gasteiger partial charge in [0.05, 0.1) is 6.54 Å². The molecule has 1 saturated heterocycles. The predicted octanol–water partition coefficient (Wildman–Crippen LogP) is 1.25. The molecule has 0 spiro atoms. The van der Waals surface area contributed by atoms with E-state index in [9.17, 15) is 9.59 Å². The molecule has 1 aliphatic rings. The molecule has 1 aliphatic heterocycles. The first kappa shape index (κ1) is 12.0. The number of hydrogen-bond acceptors (Lipinski definition) is 3. The van der Waals surface area contributed by atoms with Gasteiger partial charge in [-0.05, 0) is 11.3 Å². The first-order valence-corrected chi connectivity index (χ1v) is 6.09. The summed E-state index contributed by atoms with van der Waals surface area (Å²) in [7, 11) is 0. The van der Waals surface area contributed by atoms with Gasteiger partial charge in [0.2, 0.25) is 5.91 Å². The molecule has 0 radical (unpaired) electrons. The van der Waals surface area contributed by atoms with Crippen LogP contribution in [0, 0.1) is 0 Å². The van der Waals surface area contributed by atoms with Crippen molar-refractivity contribution in [3.63, 3.8) is 0 Å². The minimum atomic E-state index is -0.308. The van der Waals surface area contributed by atoms with Crippen molar-refractivity contribution in [3.8, 4) is 0 Å². The van der Waals surface area contributed by atoms with E-state index in [-0.39, 0.29) is 24.4 Å². The lowest BCUT2D eigenvalue weighted by Gasteiger charge is -2.20. The molecular weight excluding hydrogens is 236 g/mol. The summed E-state index contributed by atoms with van der Waals surface area (Å²) in [6.07, 6.45) is 0. The number of nitrogens with one attached hydrogen (secondary N) is 1. The van der Waals surface area contributed by atoms with Crippen molar-refractivity contribution < 1.29 is 9.59 Å². The normalized spacial score (nSPS) is 17.1. The van der Waals surface area contributed by atoms with Gasteiger partial charge in [-0.3, -0.25) is 9.69 Å². The van der Waals surface area contributed by atoms with E-state index >= 15 is 0 Å². The summed E-state index contributed by atoms with van der Waals surface area (Å²) < 4.78 is 0. The Bertz CT molecular complexity index is 406. The number of imide groups is 1. The number of rotatable bonds is 4. The fraction of sp³-hybridized carbons (Fsp3) is 0.333. The summed E-state index contributed by atoms with van der Waals surface area (Å²) in [6.45, 7) is 0.491. The third-order valence-electron chi connectivity index (χ3n) is 2.83. The zero-order valence-electron chi connectivity index (χ0n) is 9.30. The molecule has 0 bridgehead atoms. The van der Waals surface area contributed by atoms with Crippen molar-refractivity contribution >= 4 is 24.6 Å². The van der Waals surface area contributed by atoms with Gasteiger partial charge < -0.3 is 5.32 Å². The van der Waals surface area contributed by atoms with Crippen LogP contribution in [0.2, 0.25) is 0 Å². The second-order valence-electron chi connectivity index (χ2n) is 3.95. The SMILES string of the molecule is O=C1CNC(=O)N1CC(CS)c1ccccc1. The third kappa shape index (κ3) is 2.61. The summed E-state index contributed by atoms with van der Waals surface area (Å²) in [4.78, 5) is 24.2. The number of benzene rings is 1. The Morgan fingerprint density at radius 2 is 2.00 bits per heavy atom. The summed E-state index contributed by atoms with van der Waals surface area (Å²) in [5.74, 6) is 0.506. The van der Waals surface area contributed by atoms with Crippen molar-refractivity contribution in [2.45, 2.75) is 5.92 Å². The molecular formula is C12H14N2O2S. The van der Waals surface area contributed by atoms with Gasteiger partial charge in [0, 0.05) is 12.5 Å². The number of carbonyl (C=O) groups excluding carboxylic acids is 2. The van der Waals surface area contributed by atoms with Gasteiger partial charge in [-0.1, -0.05) is 30.3 Å². The summed E-state index contributed by atoms with van der Waals surface area (Å²) >= 11 is 4.29. The number of urea groups is 1. The van der Waals surface area contributed by atoms with E-state index < -0.39 is 0 Å². The lowest BCUT2D eigenvalue weighted by Crippen LogP contribution is -2.35. The van der Waals surface area contributed by atoms with Crippen molar-refractivity contribution in [3.05, 3.63) is 35.9 Å². The number of carbonyl (C=O) groups is 2. The molecule has 1 aromatic rings.